The van der Waals surface area contributed by atoms with Gasteiger partial charge in [-0.1, -0.05) is 0 Å². The van der Waals surface area contributed by atoms with E-state index in [1.54, 1.807) is 0 Å². The molecule has 0 unspecified atom stereocenters. The first-order valence-electron chi connectivity index (χ1n) is 8.50. The lowest BCUT2D eigenvalue weighted by Crippen LogP contribution is -2.16. The number of thioether (sulfide) groups is 1. The fraction of sp³-hybridized carbons (Fsp3) is 0.222. The highest BCUT2D eigenvalue weighted by Gasteiger charge is 2.26. The number of thiophene rings is 1. The number of sulfonamides is 1. The van der Waals surface area contributed by atoms with Crippen LogP contribution in [0.2, 0.25) is 0 Å². The predicted molar refractivity (Wildman–Crippen MR) is 109 cm³/mol. The van der Waals surface area contributed by atoms with Gasteiger partial charge in [0, 0.05) is 9.77 Å². The number of rotatable bonds is 3. The smallest absolute Gasteiger partial charge is 0.264 e. The average molecular weight is 437 g/mol. The first kappa shape index (κ1) is 19.2. The first-order chi connectivity index (χ1) is 13.3. The van der Waals surface area contributed by atoms with Crippen molar-refractivity contribution in [1.29, 1.82) is 0 Å². The van der Waals surface area contributed by atoms with Crippen molar-refractivity contribution in [2.24, 2.45) is 5.14 Å². The van der Waals surface area contributed by atoms with Gasteiger partial charge in [-0.15, -0.1) is 11.3 Å². The molecule has 1 aliphatic carbocycles. The summed E-state index contributed by atoms with van der Waals surface area (Å²) in [6.45, 7) is 0. The molecule has 2 aromatic heterocycles. The molecule has 0 bridgehead atoms. The van der Waals surface area contributed by atoms with Crippen molar-refractivity contribution in [3.63, 3.8) is 0 Å². The maximum Gasteiger partial charge on any atom is 0.264 e. The molecule has 0 aliphatic heterocycles. The molecule has 10 heteroatoms. The molecule has 0 saturated carbocycles. The van der Waals surface area contributed by atoms with Gasteiger partial charge in [0.1, 0.15) is 16.1 Å². The normalized spacial score (nSPS) is 14.2. The predicted octanol–water partition coefficient (Wildman–Crippen LogP) is 2.75. The number of pyridine rings is 1. The highest BCUT2D eigenvalue weighted by atomic mass is 32.2. The minimum atomic E-state index is -3.83. The lowest BCUT2D eigenvalue weighted by atomic mass is 9.96. The molecule has 3 aromatic rings. The van der Waals surface area contributed by atoms with Gasteiger partial charge in [0.15, 0.2) is 0 Å². The SMILES string of the molecule is NS(=O)(=O)c1ccc(SC(=O)c2c(O)c3c4c(sc3[nH]c2=O)CCCC4)cc1. The number of carbonyl (C=O) groups excluding carboxylic acids is 1. The number of primary sulfonamides is 1. The van der Waals surface area contributed by atoms with E-state index in [1.165, 1.54) is 35.6 Å². The lowest BCUT2D eigenvalue weighted by molar-refractivity contribution is 0.108. The van der Waals surface area contributed by atoms with Crippen LogP contribution in [0, 0.1) is 0 Å². The van der Waals surface area contributed by atoms with Crippen LogP contribution in [0.1, 0.15) is 33.6 Å². The molecule has 0 saturated heterocycles. The Bertz CT molecular complexity index is 1260. The van der Waals surface area contributed by atoms with Crippen LogP contribution in [0.15, 0.2) is 38.9 Å². The second-order valence-corrected chi connectivity index (χ2v) is 10.2. The zero-order valence-electron chi connectivity index (χ0n) is 14.5. The van der Waals surface area contributed by atoms with Crippen molar-refractivity contribution < 1.29 is 18.3 Å². The summed E-state index contributed by atoms with van der Waals surface area (Å²) in [5, 5.41) is 15.7. The Morgan fingerprint density at radius 1 is 1.18 bits per heavy atom. The number of benzene rings is 1. The number of carbonyl (C=O) groups is 1. The molecule has 146 valence electrons. The van der Waals surface area contributed by atoms with Gasteiger partial charge in [0.25, 0.3) is 5.56 Å². The van der Waals surface area contributed by atoms with E-state index in [9.17, 15) is 23.1 Å². The highest BCUT2D eigenvalue weighted by molar-refractivity contribution is 8.14. The Labute approximate surface area is 168 Å². The fourth-order valence-corrected chi connectivity index (χ4v) is 5.93. The van der Waals surface area contributed by atoms with E-state index in [0.717, 1.165) is 47.9 Å². The fourth-order valence-electron chi connectivity index (χ4n) is 3.35. The van der Waals surface area contributed by atoms with Crippen molar-refractivity contribution >= 4 is 48.5 Å². The van der Waals surface area contributed by atoms with Gasteiger partial charge in [0.05, 0.1) is 10.3 Å². The Kier molecular flexibility index (Phi) is 4.82. The average Bonchev–Trinajstić information content (AvgIpc) is 2.99. The monoisotopic (exact) mass is 436 g/mol. The Hall–Kier alpha value is -2.14. The van der Waals surface area contributed by atoms with Gasteiger partial charge in [-0.3, -0.25) is 9.59 Å². The minimum Gasteiger partial charge on any atom is -0.506 e. The summed E-state index contributed by atoms with van der Waals surface area (Å²) >= 11 is 2.20. The molecule has 7 nitrogen and oxygen atoms in total. The zero-order chi connectivity index (χ0) is 20.1. The number of hydrogen-bond donors (Lipinski definition) is 3. The number of fused-ring (bicyclic) bond motifs is 3. The number of aryl methyl sites for hydroxylation is 2. The number of H-pyrrole nitrogens is 1. The molecule has 1 aliphatic rings. The molecule has 0 spiro atoms. The van der Waals surface area contributed by atoms with E-state index in [2.05, 4.69) is 4.98 Å². The first-order valence-corrected chi connectivity index (χ1v) is 11.7. The van der Waals surface area contributed by atoms with Crippen LogP contribution >= 0.6 is 23.1 Å². The Morgan fingerprint density at radius 3 is 2.54 bits per heavy atom. The molecule has 4 N–H and O–H groups in total. The molecule has 0 atom stereocenters. The van der Waals surface area contributed by atoms with Gasteiger partial charge in [-0.05, 0) is 67.3 Å². The summed E-state index contributed by atoms with van der Waals surface area (Å²) in [4.78, 5) is 30.0. The summed E-state index contributed by atoms with van der Waals surface area (Å²) in [5.74, 6) is -0.281. The van der Waals surface area contributed by atoms with Crippen molar-refractivity contribution in [2.75, 3.05) is 0 Å². The van der Waals surface area contributed by atoms with Crippen LogP contribution < -0.4 is 10.7 Å². The molecule has 0 fully saturated rings. The Morgan fingerprint density at radius 2 is 1.86 bits per heavy atom. The quantitative estimate of drug-likeness (QED) is 0.541. The summed E-state index contributed by atoms with van der Waals surface area (Å²) in [6.07, 6.45) is 3.79. The largest absolute Gasteiger partial charge is 0.506 e. The van der Waals surface area contributed by atoms with Crippen molar-refractivity contribution in [2.45, 2.75) is 35.5 Å². The number of nitrogens with two attached hydrogens (primary N) is 1. The minimum absolute atomic E-state index is 0.0729. The number of aromatic nitrogens is 1. The van der Waals surface area contributed by atoms with E-state index >= 15 is 0 Å². The molecule has 4 rings (SSSR count). The van der Waals surface area contributed by atoms with E-state index in [-0.39, 0.29) is 16.2 Å². The van der Waals surface area contributed by atoms with Gasteiger partial charge in [0.2, 0.25) is 15.1 Å². The highest BCUT2D eigenvalue weighted by Crippen LogP contribution is 2.41. The van der Waals surface area contributed by atoms with Crippen LogP contribution in [-0.2, 0) is 22.9 Å². The second kappa shape index (κ2) is 7.03. The van der Waals surface area contributed by atoms with Crippen molar-refractivity contribution in [3.8, 4) is 5.75 Å². The van der Waals surface area contributed by atoms with Gasteiger partial charge < -0.3 is 10.1 Å². The van der Waals surface area contributed by atoms with Gasteiger partial charge in [-0.2, -0.15) is 0 Å². The third-order valence-corrected chi connectivity index (χ3v) is 7.70. The number of hydrogen-bond acceptors (Lipinski definition) is 7. The van der Waals surface area contributed by atoms with Crippen molar-refractivity contribution in [1.82, 2.24) is 4.98 Å². The maximum absolute atomic E-state index is 12.7. The number of nitrogens with one attached hydrogen (secondary N) is 1. The van der Waals surface area contributed by atoms with E-state index in [0.29, 0.717) is 15.1 Å². The van der Waals surface area contributed by atoms with E-state index in [1.807, 2.05) is 0 Å². The van der Waals surface area contributed by atoms with Crippen LogP contribution in [-0.4, -0.2) is 23.6 Å². The third-order valence-electron chi connectivity index (χ3n) is 4.67. The Balaban J connectivity index is 1.72. The molecule has 28 heavy (non-hydrogen) atoms. The number of aromatic amines is 1. The molecular formula is C18H16N2O5S3. The molecular weight excluding hydrogens is 420 g/mol. The van der Waals surface area contributed by atoms with E-state index in [4.69, 9.17) is 5.14 Å². The maximum atomic E-state index is 12.7. The third kappa shape index (κ3) is 3.37. The summed E-state index contributed by atoms with van der Waals surface area (Å²) in [5.41, 5.74) is 0.0815. The zero-order valence-corrected chi connectivity index (χ0v) is 17.0. The molecule has 1 aromatic carbocycles. The lowest BCUT2D eigenvalue weighted by Gasteiger charge is -2.11. The molecule has 0 radical (unpaired) electrons. The summed E-state index contributed by atoms with van der Waals surface area (Å²) in [7, 11) is -3.83. The van der Waals surface area contributed by atoms with Gasteiger partial charge >= 0.3 is 0 Å². The summed E-state index contributed by atoms with van der Waals surface area (Å²) in [6, 6.07) is 5.43. The van der Waals surface area contributed by atoms with E-state index < -0.39 is 20.7 Å². The van der Waals surface area contributed by atoms with Crippen molar-refractivity contribution in [3.05, 3.63) is 50.6 Å². The van der Waals surface area contributed by atoms with Crippen LogP contribution in [0.25, 0.3) is 10.2 Å². The standard InChI is InChI=1S/C18H16N2O5S3/c19-28(24,25)10-7-5-9(6-8-10)26-18(23)14-15(21)13-11-3-1-2-4-12(11)27-17(13)20-16(14)22/h5-8H,1-4H2,(H2,19,24,25)(H2,20,21,22). The second-order valence-electron chi connectivity index (χ2n) is 6.50. The van der Waals surface area contributed by atoms with Crippen LogP contribution in [0.5, 0.6) is 5.75 Å². The number of aromatic hydroxyl groups is 1. The van der Waals surface area contributed by atoms with Gasteiger partial charge in [-0.25, -0.2) is 13.6 Å². The van der Waals surface area contributed by atoms with Crippen LogP contribution in [0.4, 0.5) is 0 Å². The molecule has 0 amide bonds. The topological polar surface area (TPSA) is 130 Å². The summed E-state index contributed by atoms with van der Waals surface area (Å²) < 4.78 is 22.6. The molecule has 2 heterocycles. The van der Waals surface area contributed by atoms with Crippen LogP contribution in [0.3, 0.4) is 0 Å².